The van der Waals surface area contributed by atoms with Gasteiger partial charge in [0.05, 0.1) is 0 Å². The quantitative estimate of drug-likeness (QED) is 0.749. The second kappa shape index (κ2) is 4.19. The van der Waals surface area contributed by atoms with Crippen molar-refractivity contribution >= 4 is 22.8 Å². The molecule has 0 aliphatic heterocycles. The fraction of sp³-hybridized carbons (Fsp3) is 0.455. The lowest BCUT2D eigenvalue weighted by molar-refractivity contribution is 0.720. The summed E-state index contributed by atoms with van der Waals surface area (Å²) in [6.07, 6.45) is 2.63. The fourth-order valence-corrected chi connectivity index (χ4v) is 1.96. The van der Waals surface area contributed by atoms with Crippen LogP contribution in [0.4, 0.5) is 0 Å². The van der Waals surface area contributed by atoms with E-state index in [1.807, 2.05) is 12.3 Å². The number of aryl methyl sites for hydroxylation is 3. The molecule has 0 aliphatic carbocycles. The Morgan fingerprint density at radius 1 is 1.47 bits per heavy atom. The van der Waals surface area contributed by atoms with Crippen molar-refractivity contribution in [2.45, 2.75) is 26.8 Å². The van der Waals surface area contributed by atoms with Gasteiger partial charge in [0.15, 0.2) is 5.65 Å². The zero-order valence-electron chi connectivity index (χ0n) is 9.00. The van der Waals surface area contributed by atoms with Crippen molar-refractivity contribution in [3.63, 3.8) is 0 Å². The molecular weight excluding hydrogens is 210 g/mol. The molecule has 0 spiro atoms. The van der Waals surface area contributed by atoms with Crippen molar-refractivity contribution in [2.75, 3.05) is 5.88 Å². The van der Waals surface area contributed by atoms with Gasteiger partial charge in [-0.3, -0.25) is 0 Å². The van der Waals surface area contributed by atoms with Crippen LogP contribution in [0.3, 0.4) is 0 Å². The van der Waals surface area contributed by atoms with Crippen LogP contribution in [0.5, 0.6) is 0 Å². The molecule has 0 fully saturated rings. The first-order valence-corrected chi connectivity index (χ1v) is 5.68. The molecule has 0 atom stereocenters. The van der Waals surface area contributed by atoms with Crippen LogP contribution in [-0.2, 0) is 13.0 Å². The molecule has 0 saturated carbocycles. The standard InChI is InChI=1S/C11H14ClN3/c1-3-15-9(4-6-12)14-10-8(2)5-7-13-11(10)15/h5,7H,3-4,6H2,1-2H3. The second-order valence-corrected chi connectivity index (χ2v) is 3.89. The second-order valence-electron chi connectivity index (χ2n) is 3.51. The summed E-state index contributed by atoms with van der Waals surface area (Å²) in [5, 5.41) is 0. The van der Waals surface area contributed by atoms with Crippen LogP contribution >= 0.6 is 11.6 Å². The highest BCUT2D eigenvalue weighted by atomic mass is 35.5. The van der Waals surface area contributed by atoms with Gasteiger partial charge in [-0.05, 0) is 25.5 Å². The molecule has 0 aromatic carbocycles. The first-order chi connectivity index (χ1) is 7.27. The number of alkyl halides is 1. The summed E-state index contributed by atoms with van der Waals surface area (Å²) >= 11 is 5.76. The average Bonchev–Trinajstić information content (AvgIpc) is 2.58. The Morgan fingerprint density at radius 2 is 2.27 bits per heavy atom. The smallest absolute Gasteiger partial charge is 0.160 e. The first kappa shape index (κ1) is 10.4. The molecule has 15 heavy (non-hydrogen) atoms. The number of rotatable bonds is 3. The maximum Gasteiger partial charge on any atom is 0.160 e. The summed E-state index contributed by atoms with van der Waals surface area (Å²) in [7, 11) is 0. The van der Waals surface area contributed by atoms with Crippen molar-refractivity contribution in [2.24, 2.45) is 0 Å². The molecule has 80 valence electrons. The molecule has 0 N–H and O–H groups in total. The van der Waals surface area contributed by atoms with E-state index >= 15 is 0 Å². The van der Waals surface area contributed by atoms with Crippen molar-refractivity contribution in [3.05, 3.63) is 23.7 Å². The van der Waals surface area contributed by atoms with Gasteiger partial charge < -0.3 is 4.57 Å². The molecule has 0 radical (unpaired) electrons. The molecule has 0 amide bonds. The predicted molar refractivity (Wildman–Crippen MR) is 62.4 cm³/mol. The van der Waals surface area contributed by atoms with E-state index in [4.69, 9.17) is 11.6 Å². The molecular formula is C11H14ClN3. The number of hydrogen-bond acceptors (Lipinski definition) is 2. The molecule has 2 aromatic rings. The van der Waals surface area contributed by atoms with E-state index in [2.05, 4.69) is 28.4 Å². The van der Waals surface area contributed by atoms with Crippen LogP contribution in [0.25, 0.3) is 11.2 Å². The lowest BCUT2D eigenvalue weighted by Crippen LogP contribution is -2.03. The highest BCUT2D eigenvalue weighted by Gasteiger charge is 2.11. The number of pyridine rings is 1. The minimum absolute atomic E-state index is 0.600. The van der Waals surface area contributed by atoms with Crippen molar-refractivity contribution in [3.8, 4) is 0 Å². The summed E-state index contributed by atoms with van der Waals surface area (Å²) in [6.45, 7) is 5.05. The third-order valence-electron chi connectivity index (χ3n) is 2.55. The molecule has 0 bridgehead atoms. The van der Waals surface area contributed by atoms with E-state index < -0.39 is 0 Å². The van der Waals surface area contributed by atoms with E-state index in [0.29, 0.717) is 5.88 Å². The third kappa shape index (κ3) is 1.72. The Labute approximate surface area is 94.1 Å². The summed E-state index contributed by atoms with van der Waals surface area (Å²) in [6, 6.07) is 1.99. The van der Waals surface area contributed by atoms with Gasteiger partial charge >= 0.3 is 0 Å². The number of hydrogen-bond donors (Lipinski definition) is 0. The van der Waals surface area contributed by atoms with Gasteiger partial charge in [-0.25, -0.2) is 9.97 Å². The maximum absolute atomic E-state index is 5.76. The van der Waals surface area contributed by atoms with E-state index in [9.17, 15) is 0 Å². The molecule has 2 heterocycles. The number of fused-ring (bicyclic) bond motifs is 1. The zero-order chi connectivity index (χ0) is 10.8. The number of nitrogens with zero attached hydrogens (tertiary/aromatic N) is 3. The Balaban J connectivity index is 2.67. The predicted octanol–water partition coefficient (Wildman–Crippen LogP) is 2.54. The summed E-state index contributed by atoms with van der Waals surface area (Å²) < 4.78 is 2.13. The maximum atomic E-state index is 5.76. The third-order valence-corrected chi connectivity index (χ3v) is 2.74. The molecule has 0 aliphatic rings. The van der Waals surface area contributed by atoms with Gasteiger partial charge in [0, 0.05) is 25.0 Å². The summed E-state index contributed by atoms with van der Waals surface area (Å²) in [5.74, 6) is 1.63. The minimum Gasteiger partial charge on any atom is -0.313 e. The van der Waals surface area contributed by atoms with Gasteiger partial charge in [-0.15, -0.1) is 11.6 Å². The average molecular weight is 224 g/mol. The SMILES string of the molecule is CCn1c(CCCl)nc2c(C)ccnc21. The first-order valence-electron chi connectivity index (χ1n) is 5.14. The van der Waals surface area contributed by atoms with E-state index in [1.54, 1.807) is 0 Å². The molecule has 4 heteroatoms. The van der Waals surface area contributed by atoms with Crippen LogP contribution in [0, 0.1) is 6.92 Å². The van der Waals surface area contributed by atoms with E-state index in [1.165, 1.54) is 5.56 Å². The van der Waals surface area contributed by atoms with Gasteiger partial charge in [0.1, 0.15) is 11.3 Å². The van der Waals surface area contributed by atoms with Gasteiger partial charge in [-0.1, -0.05) is 0 Å². The zero-order valence-corrected chi connectivity index (χ0v) is 9.75. The van der Waals surface area contributed by atoms with E-state index in [0.717, 1.165) is 30.0 Å². The number of halogens is 1. The highest BCUT2D eigenvalue weighted by Crippen LogP contribution is 2.17. The van der Waals surface area contributed by atoms with Crippen LogP contribution in [-0.4, -0.2) is 20.4 Å². The number of aromatic nitrogens is 3. The minimum atomic E-state index is 0.600. The van der Waals surface area contributed by atoms with Gasteiger partial charge in [-0.2, -0.15) is 0 Å². The Hall–Kier alpha value is -1.09. The van der Waals surface area contributed by atoms with E-state index in [-0.39, 0.29) is 0 Å². The van der Waals surface area contributed by atoms with Crippen LogP contribution in [0.15, 0.2) is 12.3 Å². The van der Waals surface area contributed by atoms with Crippen LogP contribution in [0.1, 0.15) is 18.3 Å². The van der Waals surface area contributed by atoms with Crippen molar-refractivity contribution in [1.29, 1.82) is 0 Å². The Kier molecular flexibility index (Phi) is 2.91. The van der Waals surface area contributed by atoms with Crippen molar-refractivity contribution in [1.82, 2.24) is 14.5 Å². The lowest BCUT2D eigenvalue weighted by atomic mass is 10.3. The highest BCUT2D eigenvalue weighted by molar-refractivity contribution is 6.17. The largest absolute Gasteiger partial charge is 0.313 e. The van der Waals surface area contributed by atoms with Gasteiger partial charge in [0.25, 0.3) is 0 Å². The summed E-state index contributed by atoms with van der Waals surface area (Å²) in [4.78, 5) is 8.96. The topological polar surface area (TPSA) is 30.7 Å². The number of imidazole rings is 1. The van der Waals surface area contributed by atoms with Crippen LogP contribution < -0.4 is 0 Å². The molecule has 3 nitrogen and oxygen atoms in total. The van der Waals surface area contributed by atoms with Crippen molar-refractivity contribution < 1.29 is 0 Å². The fourth-order valence-electron chi connectivity index (χ4n) is 1.79. The molecule has 2 aromatic heterocycles. The van der Waals surface area contributed by atoms with Gasteiger partial charge in [0.2, 0.25) is 0 Å². The molecule has 2 rings (SSSR count). The molecule has 0 unspecified atom stereocenters. The lowest BCUT2D eigenvalue weighted by Gasteiger charge is -2.02. The normalized spacial score (nSPS) is 11.1. The summed E-state index contributed by atoms with van der Waals surface area (Å²) in [5.41, 5.74) is 3.14. The molecule has 0 saturated heterocycles. The Morgan fingerprint density at radius 3 is 2.93 bits per heavy atom. The monoisotopic (exact) mass is 223 g/mol. The Bertz CT molecular complexity index is 476. The van der Waals surface area contributed by atoms with Crippen LogP contribution in [0.2, 0.25) is 0 Å².